The molecule has 1 rings (SSSR count). The van der Waals surface area contributed by atoms with Crippen molar-refractivity contribution in [1.29, 1.82) is 0 Å². The fraction of sp³-hybridized carbons (Fsp3) is 1.00. The molecule has 4 nitrogen and oxygen atoms in total. The number of methoxy groups -OCH3 is 1. The van der Waals surface area contributed by atoms with Crippen LogP contribution in [0.5, 0.6) is 0 Å². The summed E-state index contributed by atoms with van der Waals surface area (Å²) >= 11 is 3.84. The molecule has 1 saturated heterocycles. The van der Waals surface area contributed by atoms with Gasteiger partial charge in [-0.3, -0.25) is 0 Å². The van der Waals surface area contributed by atoms with Crippen LogP contribution in [0, 0.1) is 0 Å². The Balaban J connectivity index is 2.50. The van der Waals surface area contributed by atoms with Gasteiger partial charge in [-0.1, -0.05) is 0 Å². The summed E-state index contributed by atoms with van der Waals surface area (Å²) in [4.78, 5) is 0. The van der Waals surface area contributed by atoms with E-state index in [1.54, 1.807) is 7.11 Å². The van der Waals surface area contributed by atoms with Gasteiger partial charge in [-0.05, 0) is 26.8 Å². The summed E-state index contributed by atoms with van der Waals surface area (Å²) in [6.07, 6.45) is -0.141. The van der Waals surface area contributed by atoms with E-state index >= 15 is 0 Å². The van der Waals surface area contributed by atoms with Gasteiger partial charge in [0.15, 0.2) is 0 Å². The molecule has 1 fully saturated rings. The molecule has 0 aliphatic carbocycles. The molecule has 1 heterocycles. The second-order valence-electron chi connectivity index (χ2n) is 4.03. The first kappa shape index (κ1) is 13.3. The van der Waals surface area contributed by atoms with E-state index in [9.17, 15) is 0 Å². The van der Waals surface area contributed by atoms with Crippen molar-refractivity contribution in [3.63, 3.8) is 0 Å². The number of rotatable bonds is 5. The molecule has 0 aromatic carbocycles. The van der Waals surface area contributed by atoms with Crippen molar-refractivity contribution in [2.45, 2.75) is 44.3 Å². The van der Waals surface area contributed by atoms with Crippen molar-refractivity contribution in [2.24, 2.45) is 0 Å². The molecule has 0 N–H and O–H groups in total. The Bertz CT molecular complexity index is 193. The van der Waals surface area contributed by atoms with E-state index in [1.165, 1.54) is 0 Å². The van der Waals surface area contributed by atoms with Gasteiger partial charge in [-0.25, -0.2) is 0 Å². The van der Waals surface area contributed by atoms with E-state index in [0.717, 1.165) is 0 Å². The van der Waals surface area contributed by atoms with Crippen LogP contribution < -0.4 is 0 Å². The standard InChI is InChI=1S/C9H19BO4S/c1-5(2)12-4-6-7(11-3)8(14-15)9(10)13-6/h5-9,15H,4,10H2,1-3H3/t6-,7?,8?,9-/m1/s1. The topological polar surface area (TPSA) is 36.9 Å². The van der Waals surface area contributed by atoms with Crippen LogP contribution in [0.4, 0.5) is 0 Å². The lowest BCUT2D eigenvalue weighted by molar-refractivity contribution is -0.0599. The van der Waals surface area contributed by atoms with Gasteiger partial charge in [-0.2, -0.15) is 0 Å². The van der Waals surface area contributed by atoms with Gasteiger partial charge in [0.25, 0.3) is 0 Å². The highest BCUT2D eigenvalue weighted by molar-refractivity contribution is 7.75. The van der Waals surface area contributed by atoms with Gasteiger partial charge in [-0.15, -0.1) is 0 Å². The lowest BCUT2D eigenvalue weighted by Crippen LogP contribution is -2.37. The van der Waals surface area contributed by atoms with E-state index < -0.39 is 0 Å². The molecule has 0 bridgehead atoms. The Hall–Kier alpha value is 0.255. The van der Waals surface area contributed by atoms with Crippen LogP contribution in [0.2, 0.25) is 0 Å². The molecule has 0 amide bonds. The fourth-order valence-electron chi connectivity index (χ4n) is 1.76. The summed E-state index contributed by atoms with van der Waals surface area (Å²) < 4.78 is 21.6. The minimum Gasteiger partial charge on any atom is -0.376 e. The lowest BCUT2D eigenvalue weighted by atomic mass is 9.93. The molecule has 2 unspecified atom stereocenters. The highest BCUT2D eigenvalue weighted by Crippen LogP contribution is 2.25. The normalized spacial score (nSPS) is 36.3. The monoisotopic (exact) mass is 234 g/mol. The van der Waals surface area contributed by atoms with Crippen LogP contribution in [-0.4, -0.2) is 52.0 Å². The molecule has 0 aromatic rings. The smallest absolute Gasteiger partial charge is 0.142 e. The summed E-state index contributed by atoms with van der Waals surface area (Å²) in [6.45, 7) is 4.51. The van der Waals surface area contributed by atoms with Crippen LogP contribution in [-0.2, 0) is 18.4 Å². The zero-order chi connectivity index (χ0) is 11.4. The summed E-state index contributed by atoms with van der Waals surface area (Å²) in [7, 11) is 3.59. The van der Waals surface area contributed by atoms with Gasteiger partial charge in [0.2, 0.25) is 0 Å². The summed E-state index contributed by atoms with van der Waals surface area (Å²) in [5.74, 6) is 0. The first-order chi connectivity index (χ1) is 7.10. The van der Waals surface area contributed by atoms with E-state index in [4.69, 9.17) is 18.4 Å². The number of thiol groups is 1. The average molecular weight is 234 g/mol. The lowest BCUT2D eigenvalue weighted by Gasteiger charge is -2.21. The van der Waals surface area contributed by atoms with Crippen LogP contribution in [0.25, 0.3) is 0 Å². The van der Waals surface area contributed by atoms with Crippen LogP contribution in [0.3, 0.4) is 0 Å². The molecule has 0 spiro atoms. The van der Waals surface area contributed by atoms with Crippen molar-refractivity contribution in [3.05, 3.63) is 0 Å². The Morgan fingerprint density at radius 1 is 1.40 bits per heavy atom. The predicted octanol–water partition coefficient (Wildman–Crippen LogP) is 0.0144. The molecule has 6 heteroatoms. The summed E-state index contributed by atoms with van der Waals surface area (Å²) in [6, 6.07) is -0.0202. The number of hydrogen-bond donors (Lipinski definition) is 1. The Morgan fingerprint density at radius 2 is 2.07 bits per heavy atom. The first-order valence-corrected chi connectivity index (χ1v) is 5.56. The van der Waals surface area contributed by atoms with Gasteiger partial charge >= 0.3 is 0 Å². The molecule has 1 aliphatic heterocycles. The zero-order valence-electron chi connectivity index (χ0n) is 9.67. The first-order valence-electron chi connectivity index (χ1n) is 5.20. The minimum absolute atomic E-state index is 0.0202. The second-order valence-corrected chi connectivity index (χ2v) is 4.24. The van der Waals surface area contributed by atoms with E-state index in [-0.39, 0.29) is 30.4 Å². The van der Waals surface area contributed by atoms with Crippen molar-refractivity contribution < 1.29 is 18.4 Å². The largest absolute Gasteiger partial charge is 0.376 e. The highest BCUT2D eigenvalue weighted by atomic mass is 32.1. The molecular formula is C9H19BO4S. The Labute approximate surface area is 97.6 Å². The minimum atomic E-state index is -0.140. The average Bonchev–Trinajstić information content (AvgIpc) is 2.50. The van der Waals surface area contributed by atoms with Crippen molar-refractivity contribution in [2.75, 3.05) is 13.7 Å². The van der Waals surface area contributed by atoms with Gasteiger partial charge < -0.3 is 18.4 Å². The number of ether oxygens (including phenoxy) is 3. The van der Waals surface area contributed by atoms with Crippen molar-refractivity contribution in [3.8, 4) is 0 Å². The quantitative estimate of drug-likeness (QED) is 0.413. The van der Waals surface area contributed by atoms with Gasteiger partial charge in [0, 0.05) is 7.11 Å². The molecule has 0 radical (unpaired) electrons. The third kappa shape index (κ3) is 3.36. The van der Waals surface area contributed by atoms with Crippen molar-refractivity contribution in [1.82, 2.24) is 0 Å². The molecular weight excluding hydrogens is 215 g/mol. The number of hydrogen-bond acceptors (Lipinski definition) is 5. The van der Waals surface area contributed by atoms with Gasteiger partial charge in [0.1, 0.15) is 26.2 Å². The van der Waals surface area contributed by atoms with Crippen LogP contribution in [0.15, 0.2) is 0 Å². The maximum absolute atomic E-state index is 5.69. The molecule has 4 atom stereocenters. The summed E-state index contributed by atoms with van der Waals surface area (Å²) in [5, 5.41) is 0. The molecule has 1 aliphatic rings. The SMILES string of the molecule is B[C@@H]1O[C@H](COC(C)C)C(OC)C1OS. The predicted molar refractivity (Wildman–Crippen MR) is 62.9 cm³/mol. The fourth-order valence-corrected chi connectivity index (χ4v) is 2.05. The Morgan fingerprint density at radius 3 is 2.53 bits per heavy atom. The molecule has 88 valence electrons. The molecule has 15 heavy (non-hydrogen) atoms. The van der Waals surface area contributed by atoms with Crippen LogP contribution >= 0.6 is 12.9 Å². The highest BCUT2D eigenvalue weighted by Gasteiger charge is 2.43. The second kappa shape index (κ2) is 6.10. The van der Waals surface area contributed by atoms with Gasteiger partial charge in [0.05, 0.1) is 18.7 Å². The summed E-state index contributed by atoms with van der Waals surface area (Å²) in [5.41, 5.74) is 0. The Kier molecular flexibility index (Phi) is 5.42. The van der Waals surface area contributed by atoms with Crippen LogP contribution in [0.1, 0.15) is 13.8 Å². The van der Waals surface area contributed by atoms with E-state index in [1.807, 2.05) is 21.7 Å². The zero-order valence-corrected chi connectivity index (χ0v) is 10.6. The molecule has 0 aromatic heterocycles. The maximum Gasteiger partial charge on any atom is 0.142 e. The third-order valence-electron chi connectivity index (χ3n) is 2.53. The van der Waals surface area contributed by atoms with E-state index in [2.05, 4.69) is 12.9 Å². The van der Waals surface area contributed by atoms with Crippen molar-refractivity contribution >= 4 is 20.8 Å². The van der Waals surface area contributed by atoms with E-state index in [0.29, 0.717) is 6.61 Å². The maximum atomic E-state index is 5.69. The third-order valence-corrected chi connectivity index (χ3v) is 2.77. The molecule has 0 saturated carbocycles.